The Labute approximate surface area is 177 Å². The number of anilines is 2. The lowest BCUT2D eigenvalue weighted by Crippen LogP contribution is -2.34. The molecule has 1 aliphatic rings. The smallest absolute Gasteiger partial charge is 0.351 e. The SMILES string of the molecule is CC(C)c1cccc(-c2nc(NC3CCC(F)(F)CC3)nc(NC(C)C(F)(F)F)n2)n1. The zero-order valence-electron chi connectivity index (χ0n) is 17.5. The second-order valence-corrected chi connectivity index (χ2v) is 8.09. The largest absolute Gasteiger partial charge is 0.408 e. The average Bonchev–Trinajstić information content (AvgIpc) is 2.69. The van der Waals surface area contributed by atoms with Gasteiger partial charge in [0.15, 0.2) is 5.82 Å². The third-order valence-electron chi connectivity index (χ3n) is 5.11. The number of rotatable bonds is 6. The van der Waals surface area contributed by atoms with E-state index in [1.54, 1.807) is 12.1 Å². The lowest BCUT2D eigenvalue weighted by atomic mass is 9.92. The van der Waals surface area contributed by atoms with Gasteiger partial charge in [-0.2, -0.15) is 28.1 Å². The summed E-state index contributed by atoms with van der Waals surface area (Å²) in [6.45, 7) is 4.88. The standard InChI is InChI=1S/C20H25F5N6/c1-11(2)14-5-4-6-15(28-14)16-29-17(26-12(3)20(23,24)25)31-18(30-16)27-13-7-9-19(21,22)10-8-13/h4-6,11-13H,7-10H2,1-3H3,(H2,26,27,29,30,31). The van der Waals surface area contributed by atoms with Crippen molar-refractivity contribution in [3.8, 4) is 11.5 Å². The zero-order valence-corrected chi connectivity index (χ0v) is 17.5. The molecule has 1 unspecified atom stereocenters. The molecule has 170 valence electrons. The number of nitrogens with zero attached hydrogens (tertiary/aromatic N) is 4. The molecule has 2 aromatic heterocycles. The van der Waals surface area contributed by atoms with Gasteiger partial charge in [-0.25, -0.2) is 13.8 Å². The summed E-state index contributed by atoms with van der Waals surface area (Å²) in [6.07, 6.45) is -4.62. The van der Waals surface area contributed by atoms with Crippen molar-refractivity contribution in [1.82, 2.24) is 19.9 Å². The van der Waals surface area contributed by atoms with Crippen LogP contribution in [0.15, 0.2) is 18.2 Å². The van der Waals surface area contributed by atoms with E-state index in [0.29, 0.717) is 5.69 Å². The maximum Gasteiger partial charge on any atom is 0.408 e. The minimum atomic E-state index is -4.49. The predicted molar refractivity (Wildman–Crippen MR) is 107 cm³/mol. The molecule has 1 aliphatic carbocycles. The van der Waals surface area contributed by atoms with Crippen molar-refractivity contribution in [2.24, 2.45) is 0 Å². The molecule has 2 N–H and O–H groups in total. The third-order valence-corrected chi connectivity index (χ3v) is 5.11. The van der Waals surface area contributed by atoms with Crippen LogP contribution in [0.25, 0.3) is 11.5 Å². The average molecular weight is 444 g/mol. The van der Waals surface area contributed by atoms with Crippen LogP contribution < -0.4 is 10.6 Å². The van der Waals surface area contributed by atoms with Crippen molar-refractivity contribution in [2.45, 2.75) is 76.6 Å². The van der Waals surface area contributed by atoms with Crippen molar-refractivity contribution in [3.63, 3.8) is 0 Å². The molecule has 1 atom stereocenters. The van der Waals surface area contributed by atoms with Gasteiger partial charge in [0, 0.05) is 24.6 Å². The molecule has 0 saturated heterocycles. The summed E-state index contributed by atoms with van der Waals surface area (Å²) in [5.41, 5.74) is 1.16. The second kappa shape index (κ2) is 8.88. The number of alkyl halides is 5. The molecule has 6 nitrogen and oxygen atoms in total. The molecule has 0 aromatic carbocycles. The number of pyridine rings is 1. The summed E-state index contributed by atoms with van der Waals surface area (Å²) >= 11 is 0. The van der Waals surface area contributed by atoms with E-state index in [9.17, 15) is 22.0 Å². The summed E-state index contributed by atoms with van der Waals surface area (Å²) in [6, 6.07) is 3.06. The van der Waals surface area contributed by atoms with E-state index >= 15 is 0 Å². The van der Waals surface area contributed by atoms with Gasteiger partial charge >= 0.3 is 6.18 Å². The summed E-state index contributed by atoms with van der Waals surface area (Å²) < 4.78 is 65.9. The Morgan fingerprint density at radius 3 is 2.23 bits per heavy atom. The summed E-state index contributed by atoms with van der Waals surface area (Å²) in [4.78, 5) is 16.9. The molecule has 1 fully saturated rings. The van der Waals surface area contributed by atoms with Crippen LogP contribution >= 0.6 is 0 Å². The molecule has 2 aromatic rings. The quantitative estimate of drug-likeness (QED) is 0.581. The van der Waals surface area contributed by atoms with Crippen molar-refractivity contribution >= 4 is 11.9 Å². The van der Waals surface area contributed by atoms with Crippen LogP contribution in [-0.2, 0) is 0 Å². The maximum atomic E-state index is 13.4. The van der Waals surface area contributed by atoms with Crippen LogP contribution in [0.1, 0.15) is 58.1 Å². The number of halogens is 5. The van der Waals surface area contributed by atoms with Crippen molar-refractivity contribution in [1.29, 1.82) is 0 Å². The first-order chi connectivity index (χ1) is 14.4. The highest BCUT2D eigenvalue weighted by molar-refractivity contribution is 5.54. The van der Waals surface area contributed by atoms with Crippen LogP contribution in [0, 0.1) is 0 Å². The van der Waals surface area contributed by atoms with Gasteiger partial charge in [-0.15, -0.1) is 0 Å². The minimum absolute atomic E-state index is 0.0221. The number of nitrogens with one attached hydrogen (secondary N) is 2. The van der Waals surface area contributed by atoms with Gasteiger partial charge in [-0.3, -0.25) is 0 Å². The number of aromatic nitrogens is 4. The van der Waals surface area contributed by atoms with Crippen molar-refractivity contribution in [2.75, 3.05) is 10.6 Å². The lowest BCUT2D eigenvalue weighted by molar-refractivity contribution is -0.138. The van der Waals surface area contributed by atoms with E-state index in [1.165, 1.54) is 0 Å². The first-order valence-corrected chi connectivity index (χ1v) is 10.1. The number of hydrogen-bond acceptors (Lipinski definition) is 6. The highest BCUT2D eigenvalue weighted by Gasteiger charge is 2.37. The van der Waals surface area contributed by atoms with Crippen LogP contribution in [-0.4, -0.2) is 44.1 Å². The highest BCUT2D eigenvalue weighted by Crippen LogP contribution is 2.34. The second-order valence-electron chi connectivity index (χ2n) is 8.09. The highest BCUT2D eigenvalue weighted by atomic mass is 19.4. The Hall–Kier alpha value is -2.59. The zero-order chi connectivity index (χ0) is 22.8. The van der Waals surface area contributed by atoms with Crippen LogP contribution in [0.4, 0.5) is 33.8 Å². The van der Waals surface area contributed by atoms with Gasteiger partial charge in [-0.05, 0) is 37.8 Å². The minimum Gasteiger partial charge on any atom is -0.351 e. The van der Waals surface area contributed by atoms with Crippen molar-refractivity contribution in [3.05, 3.63) is 23.9 Å². The van der Waals surface area contributed by atoms with Gasteiger partial charge in [0.25, 0.3) is 0 Å². The van der Waals surface area contributed by atoms with Crippen LogP contribution in [0.2, 0.25) is 0 Å². The third kappa shape index (κ3) is 6.20. The molecule has 0 bridgehead atoms. The monoisotopic (exact) mass is 444 g/mol. The Morgan fingerprint density at radius 1 is 0.968 bits per heavy atom. The van der Waals surface area contributed by atoms with E-state index < -0.39 is 18.1 Å². The molecular weight excluding hydrogens is 419 g/mol. The van der Waals surface area contributed by atoms with Gasteiger partial charge in [-0.1, -0.05) is 19.9 Å². The summed E-state index contributed by atoms with van der Waals surface area (Å²) in [7, 11) is 0. The van der Waals surface area contributed by atoms with E-state index in [1.807, 2.05) is 19.9 Å². The molecule has 11 heteroatoms. The Kier molecular flexibility index (Phi) is 6.61. The molecule has 0 radical (unpaired) electrons. The molecule has 0 spiro atoms. The van der Waals surface area contributed by atoms with Crippen molar-refractivity contribution < 1.29 is 22.0 Å². The fourth-order valence-corrected chi connectivity index (χ4v) is 3.16. The van der Waals surface area contributed by atoms with Gasteiger partial charge in [0.1, 0.15) is 11.7 Å². The molecule has 2 heterocycles. The number of hydrogen-bond donors (Lipinski definition) is 2. The maximum absolute atomic E-state index is 13.4. The summed E-state index contributed by atoms with van der Waals surface area (Å²) in [5, 5.41) is 5.22. The van der Waals surface area contributed by atoms with Crippen LogP contribution in [0.5, 0.6) is 0 Å². The van der Waals surface area contributed by atoms with E-state index in [0.717, 1.165) is 12.6 Å². The molecule has 31 heavy (non-hydrogen) atoms. The fraction of sp³-hybridized carbons (Fsp3) is 0.600. The lowest BCUT2D eigenvalue weighted by Gasteiger charge is -2.28. The molecule has 0 aliphatic heterocycles. The van der Waals surface area contributed by atoms with Gasteiger partial charge in [0.2, 0.25) is 17.8 Å². The normalized spacial score (nSPS) is 18.1. The summed E-state index contributed by atoms with van der Waals surface area (Å²) in [5.74, 6) is -2.72. The predicted octanol–water partition coefficient (Wildman–Crippen LogP) is 5.41. The Bertz CT molecular complexity index is 892. The Morgan fingerprint density at radius 2 is 1.61 bits per heavy atom. The van der Waals surface area contributed by atoms with E-state index in [4.69, 9.17) is 0 Å². The van der Waals surface area contributed by atoms with Gasteiger partial charge < -0.3 is 10.6 Å². The fourth-order valence-electron chi connectivity index (χ4n) is 3.16. The molecule has 0 amide bonds. The van der Waals surface area contributed by atoms with Crippen LogP contribution in [0.3, 0.4) is 0 Å². The molecule has 3 rings (SSSR count). The molecule has 1 saturated carbocycles. The van der Waals surface area contributed by atoms with E-state index in [2.05, 4.69) is 30.6 Å². The topological polar surface area (TPSA) is 75.6 Å². The first-order valence-electron chi connectivity index (χ1n) is 10.1. The van der Waals surface area contributed by atoms with E-state index in [-0.39, 0.29) is 55.4 Å². The Balaban J connectivity index is 1.91. The first kappa shape index (κ1) is 23.1. The van der Waals surface area contributed by atoms with Gasteiger partial charge in [0.05, 0.1) is 0 Å². The molecular formula is C20H25F5N6.